The monoisotopic (exact) mass is 304 g/mol. The molecule has 2 unspecified atom stereocenters. The van der Waals surface area contributed by atoms with Crippen LogP contribution in [0.5, 0.6) is 0 Å². The van der Waals surface area contributed by atoms with Gasteiger partial charge in [0.15, 0.2) is 9.84 Å². The first-order valence-corrected chi connectivity index (χ1v) is 8.71. The summed E-state index contributed by atoms with van der Waals surface area (Å²) in [6.07, 6.45) is 3.18. The maximum Gasteiger partial charge on any atom is 0.326 e. The number of rotatable bonds is 2. The molecule has 2 atom stereocenters. The largest absolute Gasteiger partial charge is 0.480 e. The summed E-state index contributed by atoms with van der Waals surface area (Å²) in [5.74, 6) is -0.887. The number of piperidine rings is 1. The van der Waals surface area contributed by atoms with E-state index in [-0.39, 0.29) is 11.5 Å². The highest BCUT2D eigenvalue weighted by Gasteiger charge is 2.34. The Morgan fingerprint density at radius 3 is 2.55 bits per heavy atom. The van der Waals surface area contributed by atoms with Crippen LogP contribution in [0.4, 0.5) is 4.79 Å². The Bertz CT molecular complexity index is 490. The third kappa shape index (κ3) is 3.62. The van der Waals surface area contributed by atoms with E-state index in [4.69, 9.17) is 5.11 Å². The lowest BCUT2D eigenvalue weighted by atomic mass is 10.0. The Hall–Kier alpha value is -1.31. The molecule has 2 heterocycles. The van der Waals surface area contributed by atoms with Crippen molar-refractivity contribution < 1.29 is 23.1 Å². The Morgan fingerprint density at radius 1 is 1.15 bits per heavy atom. The molecule has 2 aliphatic heterocycles. The number of urea groups is 1. The first kappa shape index (κ1) is 15.1. The maximum absolute atomic E-state index is 12.1. The van der Waals surface area contributed by atoms with Crippen molar-refractivity contribution >= 4 is 21.8 Å². The lowest BCUT2D eigenvalue weighted by molar-refractivity contribution is -0.143. The molecule has 2 saturated heterocycles. The van der Waals surface area contributed by atoms with Crippen molar-refractivity contribution in [1.82, 2.24) is 10.2 Å². The molecule has 2 amide bonds. The fraction of sp³-hybridized carbons (Fsp3) is 0.833. The topological polar surface area (TPSA) is 104 Å². The molecule has 2 fully saturated rings. The molecule has 0 aromatic rings. The molecule has 8 heteroatoms. The van der Waals surface area contributed by atoms with Crippen molar-refractivity contribution in [2.45, 2.75) is 44.2 Å². The van der Waals surface area contributed by atoms with Crippen LogP contribution < -0.4 is 5.32 Å². The minimum Gasteiger partial charge on any atom is -0.480 e. The molecule has 0 aromatic carbocycles. The average molecular weight is 304 g/mol. The number of sulfone groups is 1. The van der Waals surface area contributed by atoms with Gasteiger partial charge >= 0.3 is 12.0 Å². The summed E-state index contributed by atoms with van der Waals surface area (Å²) in [5, 5.41) is 11.8. The van der Waals surface area contributed by atoms with E-state index in [1.807, 2.05) is 0 Å². The van der Waals surface area contributed by atoms with E-state index in [1.54, 1.807) is 0 Å². The minimum atomic E-state index is -3.09. The van der Waals surface area contributed by atoms with Crippen molar-refractivity contribution in [2.75, 3.05) is 18.1 Å². The molecular weight excluding hydrogens is 284 g/mol. The molecule has 2 rings (SSSR count). The molecule has 0 aromatic heterocycles. The third-order valence-corrected chi connectivity index (χ3v) is 5.66. The molecule has 2 N–H and O–H groups in total. The van der Waals surface area contributed by atoms with Crippen LogP contribution in [0, 0.1) is 0 Å². The lowest BCUT2D eigenvalue weighted by Crippen LogP contribution is -2.55. The average Bonchev–Trinajstić information content (AvgIpc) is 2.37. The van der Waals surface area contributed by atoms with Gasteiger partial charge in [-0.2, -0.15) is 0 Å². The molecule has 7 nitrogen and oxygen atoms in total. The van der Waals surface area contributed by atoms with E-state index in [9.17, 15) is 18.0 Å². The number of aliphatic carboxylic acids is 1. The van der Waals surface area contributed by atoms with Crippen molar-refractivity contribution in [2.24, 2.45) is 0 Å². The zero-order valence-corrected chi connectivity index (χ0v) is 12.1. The van der Waals surface area contributed by atoms with Crippen molar-refractivity contribution in [3.05, 3.63) is 0 Å². The Labute approximate surface area is 118 Å². The number of hydrogen-bond acceptors (Lipinski definition) is 4. The fourth-order valence-electron chi connectivity index (χ4n) is 2.83. The molecule has 0 bridgehead atoms. The van der Waals surface area contributed by atoms with Crippen LogP contribution in [0.15, 0.2) is 0 Å². The van der Waals surface area contributed by atoms with Gasteiger partial charge in [-0.05, 0) is 32.1 Å². The van der Waals surface area contributed by atoms with E-state index in [1.165, 1.54) is 4.90 Å². The van der Waals surface area contributed by atoms with Crippen LogP contribution >= 0.6 is 0 Å². The number of carbonyl (C=O) groups is 2. The van der Waals surface area contributed by atoms with Gasteiger partial charge in [-0.25, -0.2) is 18.0 Å². The highest BCUT2D eigenvalue weighted by molar-refractivity contribution is 7.91. The van der Waals surface area contributed by atoms with Crippen LogP contribution in [0.3, 0.4) is 0 Å². The highest BCUT2D eigenvalue weighted by atomic mass is 32.2. The first-order valence-electron chi connectivity index (χ1n) is 6.89. The first-order chi connectivity index (χ1) is 9.39. The molecule has 0 radical (unpaired) electrons. The van der Waals surface area contributed by atoms with Gasteiger partial charge in [0.25, 0.3) is 0 Å². The van der Waals surface area contributed by atoms with Gasteiger partial charge in [0, 0.05) is 12.6 Å². The number of nitrogens with one attached hydrogen (secondary N) is 1. The van der Waals surface area contributed by atoms with Gasteiger partial charge in [0.2, 0.25) is 0 Å². The van der Waals surface area contributed by atoms with E-state index in [2.05, 4.69) is 5.32 Å². The molecule has 20 heavy (non-hydrogen) atoms. The van der Waals surface area contributed by atoms with Crippen LogP contribution in [0.2, 0.25) is 0 Å². The summed E-state index contributed by atoms with van der Waals surface area (Å²) in [4.78, 5) is 24.6. The lowest BCUT2D eigenvalue weighted by Gasteiger charge is -2.34. The van der Waals surface area contributed by atoms with E-state index in [0.717, 1.165) is 12.8 Å². The molecule has 0 saturated carbocycles. The zero-order chi connectivity index (χ0) is 14.8. The van der Waals surface area contributed by atoms with Crippen molar-refractivity contribution in [1.29, 1.82) is 0 Å². The number of likely N-dealkylation sites (tertiary alicyclic amines) is 1. The van der Waals surface area contributed by atoms with Crippen LogP contribution in [-0.2, 0) is 14.6 Å². The van der Waals surface area contributed by atoms with Gasteiger partial charge in [-0.15, -0.1) is 0 Å². The molecule has 2 aliphatic rings. The summed E-state index contributed by atoms with van der Waals surface area (Å²) in [6.45, 7) is 0.405. The fourth-order valence-corrected chi connectivity index (χ4v) is 4.46. The third-order valence-electron chi connectivity index (χ3n) is 3.84. The van der Waals surface area contributed by atoms with E-state index >= 15 is 0 Å². The minimum absolute atomic E-state index is 0.0513. The quantitative estimate of drug-likeness (QED) is 0.759. The van der Waals surface area contributed by atoms with Gasteiger partial charge < -0.3 is 15.3 Å². The Balaban J connectivity index is 1.98. The second-order valence-electron chi connectivity index (χ2n) is 5.45. The van der Waals surface area contributed by atoms with Gasteiger partial charge in [-0.3, -0.25) is 0 Å². The van der Waals surface area contributed by atoms with Crippen LogP contribution in [0.25, 0.3) is 0 Å². The summed E-state index contributed by atoms with van der Waals surface area (Å²) < 4.78 is 23.1. The maximum atomic E-state index is 12.1. The van der Waals surface area contributed by atoms with Crippen molar-refractivity contribution in [3.8, 4) is 0 Å². The van der Waals surface area contributed by atoms with Gasteiger partial charge in [0.05, 0.1) is 11.5 Å². The predicted octanol–water partition coefficient (Wildman–Crippen LogP) is 0.212. The van der Waals surface area contributed by atoms with Crippen LogP contribution in [-0.4, -0.2) is 60.6 Å². The normalized spacial score (nSPS) is 29.7. The summed E-state index contributed by atoms with van der Waals surface area (Å²) in [6, 6.07) is -1.67. The second-order valence-corrected chi connectivity index (χ2v) is 7.67. The molecule has 0 aliphatic carbocycles. The predicted molar refractivity (Wildman–Crippen MR) is 72.2 cm³/mol. The number of carbonyl (C=O) groups excluding carboxylic acids is 1. The Kier molecular flexibility index (Phi) is 4.52. The standard InChI is InChI=1S/C12H20N2O5S/c15-11(16)10-5-1-2-6-14(10)12(17)13-9-4-3-7-20(18,19)8-9/h9-10H,1-8H2,(H,13,17)(H,15,16). The number of amides is 2. The van der Waals surface area contributed by atoms with Crippen LogP contribution in [0.1, 0.15) is 32.1 Å². The SMILES string of the molecule is O=C(O)C1CCCCN1C(=O)NC1CCCS(=O)(=O)C1. The summed E-state index contributed by atoms with van der Waals surface area (Å²) >= 11 is 0. The van der Waals surface area contributed by atoms with E-state index < -0.39 is 33.9 Å². The summed E-state index contributed by atoms with van der Waals surface area (Å²) in [5.41, 5.74) is 0. The van der Waals surface area contributed by atoms with Gasteiger partial charge in [-0.1, -0.05) is 0 Å². The van der Waals surface area contributed by atoms with E-state index in [0.29, 0.717) is 25.8 Å². The Morgan fingerprint density at radius 2 is 1.90 bits per heavy atom. The van der Waals surface area contributed by atoms with Crippen molar-refractivity contribution in [3.63, 3.8) is 0 Å². The second kappa shape index (κ2) is 5.99. The molecule has 114 valence electrons. The zero-order valence-electron chi connectivity index (χ0n) is 11.2. The summed E-state index contributed by atoms with van der Waals surface area (Å²) in [7, 11) is -3.09. The highest BCUT2D eigenvalue weighted by Crippen LogP contribution is 2.18. The smallest absolute Gasteiger partial charge is 0.326 e. The number of carboxylic acids is 1. The number of carboxylic acid groups (broad SMARTS) is 1. The van der Waals surface area contributed by atoms with Gasteiger partial charge in [0.1, 0.15) is 6.04 Å². The molecule has 0 spiro atoms. The number of nitrogens with zero attached hydrogens (tertiary/aromatic N) is 1. The molecular formula is C12H20N2O5S. The number of hydrogen-bond donors (Lipinski definition) is 2.